The summed E-state index contributed by atoms with van der Waals surface area (Å²) in [7, 11) is -0.329. The molecule has 0 bridgehead atoms. The monoisotopic (exact) mass is 425 g/mol. The van der Waals surface area contributed by atoms with E-state index in [-0.39, 0.29) is 18.3 Å². The Bertz CT molecular complexity index is 993. The molecular weight excluding hydrogens is 401 g/mol. The minimum atomic E-state index is -0.329. The van der Waals surface area contributed by atoms with Crippen molar-refractivity contribution < 1.29 is 9.31 Å². The number of aromatic nitrogens is 1. The molecule has 3 nitrogen and oxygen atoms in total. The van der Waals surface area contributed by atoms with Gasteiger partial charge in [-0.1, -0.05) is 42.5 Å². The standard InChI is InChI=1S/C22H25BBrNO2/c1-15-20(24)18-11-6-7-12-19(18)25(15)14-16-9-8-10-17(13-16)23-26-21(2,3)22(4,5)27-23/h6-13H,14H2,1-5H3. The van der Waals surface area contributed by atoms with Gasteiger partial charge < -0.3 is 13.9 Å². The summed E-state index contributed by atoms with van der Waals surface area (Å²) < 4.78 is 16.0. The third-order valence-corrected chi connectivity index (χ3v) is 6.97. The lowest BCUT2D eigenvalue weighted by Crippen LogP contribution is -2.41. The molecule has 2 aromatic carbocycles. The van der Waals surface area contributed by atoms with Gasteiger partial charge in [0, 0.05) is 27.6 Å². The number of halogens is 1. The summed E-state index contributed by atoms with van der Waals surface area (Å²) in [6, 6.07) is 17.0. The largest absolute Gasteiger partial charge is 0.494 e. The van der Waals surface area contributed by atoms with E-state index in [0.717, 1.165) is 12.0 Å². The van der Waals surface area contributed by atoms with Crippen molar-refractivity contribution >= 4 is 39.4 Å². The summed E-state index contributed by atoms with van der Waals surface area (Å²) in [5, 5.41) is 1.25. The Morgan fingerprint density at radius 1 is 0.963 bits per heavy atom. The molecule has 2 heterocycles. The van der Waals surface area contributed by atoms with Crippen molar-refractivity contribution in [3.8, 4) is 0 Å². The van der Waals surface area contributed by atoms with E-state index in [0.29, 0.717) is 0 Å². The maximum absolute atomic E-state index is 6.22. The number of para-hydroxylation sites is 1. The first-order valence-electron chi connectivity index (χ1n) is 9.37. The second-order valence-corrected chi connectivity index (χ2v) is 9.13. The van der Waals surface area contributed by atoms with Crippen LogP contribution >= 0.6 is 15.9 Å². The molecule has 0 unspecified atom stereocenters. The average Bonchev–Trinajstić information content (AvgIpc) is 3.00. The molecule has 1 saturated heterocycles. The molecule has 5 heteroatoms. The lowest BCUT2D eigenvalue weighted by Gasteiger charge is -2.32. The third kappa shape index (κ3) is 3.16. The summed E-state index contributed by atoms with van der Waals surface area (Å²) >= 11 is 3.75. The molecule has 0 spiro atoms. The van der Waals surface area contributed by atoms with Crippen LogP contribution in [-0.2, 0) is 15.9 Å². The van der Waals surface area contributed by atoms with E-state index >= 15 is 0 Å². The van der Waals surface area contributed by atoms with Crippen LogP contribution in [0.2, 0.25) is 0 Å². The molecular formula is C22H25BBrNO2. The molecule has 0 saturated carbocycles. The summed E-state index contributed by atoms with van der Waals surface area (Å²) in [4.78, 5) is 0. The highest BCUT2D eigenvalue weighted by molar-refractivity contribution is 9.10. The van der Waals surface area contributed by atoms with E-state index < -0.39 is 0 Å². The van der Waals surface area contributed by atoms with Crippen LogP contribution in [0, 0.1) is 6.92 Å². The molecule has 1 aliphatic rings. The fraction of sp³-hybridized carbons (Fsp3) is 0.364. The van der Waals surface area contributed by atoms with E-state index in [1.807, 2.05) is 0 Å². The van der Waals surface area contributed by atoms with Crippen LogP contribution in [0.3, 0.4) is 0 Å². The van der Waals surface area contributed by atoms with E-state index in [1.54, 1.807) is 0 Å². The van der Waals surface area contributed by atoms with Gasteiger partial charge in [-0.3, -0.25) is 0 Å². The van der Waals surface area contributed by atoms with Crippen LogP contribution in [0.25, 0.3) is 10.9 Å². The number of fused-ring (bicyclic) bond motifs is 1. The van der Waals surface area contributed by atoms with E-state index in [9.17, 15) is 0 Å². The Morgan fingerprint density at radius 2 is 1.63 bits per heavy atom. The Balaban J connectivity index is 1.66. The number of benzene rings is 2. The fourth-order valence-corrected chi connectivity index (χ4v) is 4.14. The molecule has 27 heavy (non-hydrogen) atoms. The van der Waals surface area contributed by atoms with Gasteiger partial charge in [0.05, 0.1) is 11.2 Å². The van der Waals surface area contributed by atoms with Crippen LogP contribution in [0.4, 0.5) is 0 Å². The van der Waals surface area contributed by atoms with Crippen molar-refractivity contribution in [3.05, 3.63) is 64.3 Å². The highest BCUT2D eigenvalue weighted by atomic mass is 79.9. The predicted octanol–water partition coefficient (Wildman–Crippen LogP) is 5.06. The maximum atomic E-state index is 6.22. The molecule has 1 aromatic heterocycles. The van der Waals surface area contributed by atoms with Crippen molar-refractivity contribution in [3.63, 3.8) is 0 Å². The minimum Gasteiger partial charge on any atom is -0.399 e. The van der Waals surface area contributed by atoms with Crippen LogP contribution in [0.15, 0.2) is 53.0 Å². The molecule has 0 radical (unpaired) electrons. The molecule has 0 atom stereocenters. The second kappa shape index (κ2) is 6.51. The lowest BCUT2D eigenvalue weighted by molar-refractivity contribution is 0.00578. The summed E-state index contributed by atoms with van der Waals surface area (Å²) in [6.07, 6.45) is 0. The maximum Gasteiger partial charge on any atom is 0.494 e. The minimum absolute atomic E-state index is 0.328. The third-order valence-electron chi connectivity index (χ3n) is 5.97. The molecule has 4 rings (SSSR count). The van der Waals surface area contributed by atoms with Gasteiger partial charge in [-0.05, 0) is 67.6 Å². The first-order valence-corrected chi connectivity index (χ1v) is 10.2. The predicted molar refractivity (Wildman–Crippen MR) is 116 cm³/mol. The van der Waals surface area contributed by atoms with E-state index in [1.165, 1.54) is 26.6 Å². The Kier molecular flexibility index (Phi) is 4.53. The van der Waals surface area contributed by atoms with Crippen LogP contribution in [0.1, 0.15) is 39.0 Å². The summed E-state index contributed by atoms with van der Waals surface area (Å²) in [5.74, 6) is 0. The smallest absolute Gasteiger partial charge is 0.399 e. The molecule has 140 valence electrons. The molecule has 0 N–H and O–H groups in total. The van der Waals surface area contributed by atoms with Crippen molar-refractivity contribution in [1.29, 1.82) is 0 Å². The topological polar surface area (TPSA) is 23.4 Å². The highest BCUT2D eigenvalue weighted by Crippen LogP contribution is 2.36. The van der Waals surface area contributed by atoms with Gasteiger partial charge in [0.25, 0.3) is 0 Å². The van der Waals surface area contributed by atoms with Crippen molar-refractivity contribution in [2.75, 3.05) is 0 Å². The summed E-state index contributed by atoms with van der Waals surface area (Å²) in [5.41, 5.74) is 4.12. The lowest BCUT2D eigenvalue weighted by atomic mass is 9.78. The molecule has 0 aliphatic carbocycles. The van der Waals surface area contributed by atoms with Crippen LogP contribution in [0.5, 0.6) is 0 Å². The van der Waals surface area contributed by atoms with Crippen LogP contribution in [-0.4, -0.2) is 22.9 Å². The number of rotatable bonds is 3. The van der Waals surface area contributed by atoms with Gasteiger partial charge in [-0.2, -0.15) is 0 Å². The quantitative estimate of drug-likeness (QED) is 0.547. The van der Waals surface area contributed by atoms with Gasteiger partial charge in [-0.15, -0.1) is 0 Å². The number of nitrogens with zero attached hydrogens (tertiary/aromatic N) is 1. The summed E-state index contributed by atoms with van der Waals surface area (Å²) in [6.45, 7) is 11.3. The van der Waals surface area contributed by atoms with Gasteiger partial charge in [0.1, 0.15) is 0 Å². The van der Waals surface area contributed by atoms with Crippen LogP contribution < -0.4 is 5.46 Å². The second-order valence-electron chi connectivity index (χ2n) is 8.34. The van der Waals surface area contributed by atoms with Gasteiger partial charge in [-0.25, -0.2) is 0 Å². The zero-order chi connectivity index (χ0) is 19.4. The van der Waals surface area contributed by atoms with Crippen molar-refractivity contribution in [2.45, 2.75) is 52.4 Å². The average molecular weight is 426 g/mol. The van der Waals surface area contributed by atoms with Gasteiger partial charge >= 0.3 is 7.12 Å². The number of hydrogen-bond acceptors (Lipinski definition) is 2. The van der Waals surface area contributed by atoms with Crippen molar-refractivity contribution in [2.24, 2.45) is 0 Å². The van der Waals surface area contributed by atoms with Gasteiger partial charge in [0.2, 0.25) is 0 Å². The molecule has 1 aliphatic heterocycles. The Hall–Kier alpha value is -1.56. The Labute approximate surface area is 169 Å². The zero-order valence-corrected chi connectivity index (χ0v) is 18.1. The Morgan fingerprint density at radius 3 is 2.33 bits per heavy atom. The first-order chi connectivity index (χ1) is 12.7. The SMILES string of the molecule is Cc1c(Br)c2ccccc2n1Cc1cccc(B2OC(C)(C)C(C)(C)O2)c1. The van der Waals surface area contributed by atoms with Gasteiger partial charge in [0.15, 0.2) is 0 Å². The normalized spacial score (nSPS) is 18.4. The molecule has 1 fully saturated rings. The van der Waals surface area contributed by atoms with E-state index in [4.69, 9.17) is 9.31 Å². The molecule has 0 amide bonds. The van der Waals surface area contributed by atoms with E-state index in [2.05, 4.69) is 104 Å². The fourth-order valence-electron chi connectivity index (χ4n) is 3.59. The highest BCUT2D eigenvalue weighted by Gasteiger charge is 2.51. The molecule has 3 aromatic rings. The first kappa shape index (κ1) is 18.8. The van der Waals surface area contributed by atoms with Crippen molar-refractivity contribution in [1.82, 2.24) is 4.57 Å². The zero-order valence-electron chi connectivity index (χ0n) is 16.5. The number of hydrogen-bond donors (Lipinski definition) is 0.